The summed E-state index contributed by atoms with van der Waals surface area (Å²) in [6, 6.07) is 24.8. The summed E-state index contributed by atoms with van der Waals surface area (Å²) >= 11 is 0. The third-order valence-electron chi connectivity index (χ3n) is 6.19. The van der Waals surface area contributed by atoms with Gasteiger partial charge in [0.2, 0.25) is 0 Å². The molecule has 140 valence electrons. The number of rotatable bonds is 3. The van der Waals surface area contributed by atoms with E-state index in [9.17, 15) is 0 Å². The zero-order chi connectivity index (χ0) is 19.8. The van der Waals surface area contributed by atoms with Crippen LogP contribution in [0.15, 0.2) is 66.7 Å². The molecule has 0 aliphatic heterocycles. The van der Waals surface area contributed by atoms with Gasteiger partial charge in [0.1, 0.15) is 0 Å². The summed E-state index contributed by atoms with van der Waals surface area (Å²) in [7, 11) is 0. The minimum Gasteiger partial charge on any atom is -0.0616 e. The Hall–Kier alpha value is -2.86. The summed E-state index contributed by atoms with van der Waals surface area (Å²) in [5, 5.41) is 2.68. The molecule has 0 aliphatic carbocycles. The van der Waals surface area contributed by atoms with Gasteiger partial charge in [-0.15, -0.1) is 0 Å². The van der Waals surface area contributed by atoms with Gasteiger partial charge in [0.05, 0.1) is 0 Å². The minimum absolute atomic E-state index is 0.983. The van der Waals surface area contributed by atoms with E-state index < -0.39 is 0 Å². The molecule has 0 spiro atoms. The lowest BCUT2D eigenvalue weighted by molar-refractivity contribution is 1.13. The van der Waals surface area contributed by atoms with Crippen molar-refractivity contribution in [1.29, 1.82) is 0 Å². The summed E-state index contributed by atoms with van der Waals surface area (Å²) in [6.07, 6.45) is 0.983. The molecule has 0 unspecified atom stereocenters. The van der Waals surface area contributed by atoms with Gasteiger partial charge >= 0.3 is 0 Å². The van der Waals surface area contributed by atoms with Gasteiger partial charge in [0.15, 0.2) is 0 Å². The second-order valence-corrected chi connectivity index (χ2v) is 8.14. The number of fused-ring (bicyclic) bond motifs is 1. The second kappa shape index (κ2) is 7.28. The van der Waals surface area contributed by atoms with Crippen molar-refractivity contribution >= 4 is 10.8 Å². The number of aryl methyl sites for hydroxylation is 5. The van der Waals surface area contributed by atoms with Crippen LogP contribution in [0.4, 0.5) is 0 Å². The SMILES string of the molecule is Cc1ccc(-c2cc(C)c(Cc3ccc4ccccc4c3C)cc2C)cc1C. The molecular formula is C28H28. The highest BCUT2D eigenvalue weighted by atomic mass is 14.1. The van der Waals surface area contributed by atoms with Crippen LogP contribution in [-0.4, -0.2) is 0 Å². The Balaban J connectivity index is 1.73. The van der Waals surface area contributed by atoms with Gasteiger partial charge in [-0.05, 0) is 102 Å². The van der Waals surface area contributed by atoms with Crippen molar-refractivity contribution in [3.05, 3.63) is 106 Å². The van der Waals surface area contributed by atoms with Crippen LogP contribution in [0.25, 0.3) is 21.9 Å². The third-order valence-corrected chi connectivity index (χ3v) is 6.19. The van der Waals surface area contributed by atoms with E-state index in [4.69, 9.17) is 0 Å². The molecule has 4 aromatic rings. The zero-order valence-corrected chi connectivity index (χ0v) is 17.6. The van der Waals surface area contributed by atoms with E-state index in [-0.39, 0.29) is 0 Å². The molecule has 0 aliphatic rings. The molecule has 0 radical (unpaired) electrons. The van der Waals surface area contributed by atoms with Crippen molar-refractivity contribution in [3.63, 3.8) is 0 Å². The van der Waals surface area contributed by atoms with E-state index in [0.717, 1.165) is 6.42 Å². The smallest absolute Gasteiger partial charge is 0.00202 e. The molecule has 0 atom stereocenters. The van der Waals surface area contributed by atoms with Gasteiger partial charge in [0.25, 0.3) is 0 Å². The van der Waals surface area contributed by atoms with E-state index in [0.29, 0.717) is 0 Å². The van der Waals surface area contributed by atoms with E-state index in [1.165, 1.54) is 60.8 Å². The quantitative estimate of drug-likeness (QED) is 0.350. The highest BCUT2D eigenvalue weighted by Crippen LogP contribution is 2.30. The maximum Gasteiger partial charge on any atom is -0.00202 e. The summed E-state index contributed by atoms with van der Waals surface area (Å²) < 4.78 is 0. The predicted octanol–water partition coefficient (Wildman–Crippen LogP) is 7.64. The number of hydrogen-bond acceptors (Lipinski definition) is 0. The first kappa shape index (κ1) is 18.5. The lowest BCUT2D eigenvalue weighted by atomic mass is 9.89. The van der Waals surface area contributed by atoms with Gasteiger partial charge in [-0.3, -0.25) is 0 Å². The average molecular weight is 365 g/mol. The fraction of sp³-hybridized carbons (Fsp3) is 0.214. The van der Waals surface area contributed by atoms with Crippen LogP contribution in [-0.2, 0) is 6.42 Å². The molecule has 0 aromatic heterocycles. The maximum atomic E-state index is 2.38. The fourth-order valence-corrected chi connectivity index (χ4v) is 4.16. The zero-order valence-electron chi connectivity index (χ0n) is 17.6. The molecule has 0 bridgehead atoms. The molecule has 4 aromatic carbocycles. The highest BCUT2D eigenvalue weighted by Gasteiger charge is 2.10. The lowest BCUT2D eigenvalue weighted by Gasteiger charge is -2.15. The van der Waals surface area contributed by atoms with E-state index >= 15 is 0 Å². The lowest BCUT2D eigenvalue weighted by Crippen LogP contribution is -1.98. The van der Waals surface area contributed by atoms with Crippen LogP contribution in [0, 0.1) is 34.6 Å². The van der Waals surface area contributed by atoms with Gasteiger partial charge in [0, 0.05) is 0 Å². The van der Waals surface area contributed by atoms with Crippen molar-refractivity contribution < 1.29 is 0 Å². The van der Waals surface area contributed by atoms with E-state index in [1.807, 2.05) is 0 Å². The molecule has 0 N–H and O–H groups in total. The van der Waals surface area contributed by atoms with Gasteiger partial charge in [-0.25, -0.2) is 0 Å². The molecule has 0 nitrogen and oxygen atoms in total. The first-order valence-electron chi connectivity index (χ1n) is 10.1. The number of benzene rings is 4. The normalized spacial score (nSPS) is 11.2. The van der Waals surface area contributed by atoms with Gasteiger partial charge in [-0.2, -0.15) is 0 Å². The van der Waals surface area contributed by atoms with Crippen molar-refractivity contribution in [1.82, 2.24) is 0 Å². The molecule has 0 heteroatoms. The highest BCUT2D eigenvalue weighted by molar-refractivity contribution is 5.86. The molecule has 0 fully saturated rings. The van der Waals surface area contributed by atoms with Crippen molar-refractivity contribution in [2.45, 2.75) is 41.0 Å². The van der Waals surface area contributed by atoms with Crippen molar-refractivity contribution in [2.24, 2.45) is 0 Å². The molecular weight excluding hydrogens is 336 g/mol. The van der Waals surface area contributed by atoms with Crippen molar-refractivity contribution in [2.75, 3.05) is 0 Å². The summed E-state index contributed by atoms with van der Waals surface area (Å²) in [5.74, 6) is 0. The van der Waals surface area contributed by atoms with Gasteiger partial charge in [-0.1, -0.05) is 66.7 Å². The third kappa shape index (κ3) is 3.36. The Labute approximate surface area is 168 Å². The topological polar surface area (TPSA) is 0 Å². The largest absolute Gasteiger partial charge is 0.0616 e. The summed E-state index contributed by atoms with van der Waals surface area (Å²) in [6.45, 7) is 11.1. The van der Waals surface area contributed by atoms with Crippen LogP contribution < -0.4 is 0 Å². The Kier molecular flexibility index (Phi) is 4.81. The fourth-order valence-electron chi connectivity index (χ4n) is 4.16. The average Bonchev–Trinajstić information content (AvgIpc) is 2.69. The molecule has 4 rings (SSSR count). The standard InChI is InChI=1S/C28H28/c1-18-10-11-25(14-19(18)2)28-16-20(3)26(15-21(28)4)17-24-13-12-23-8-6-7-9-27(23)22(24)5/h6-16H,17H2,1-5H3. The van der Waals surface area contributed by atoms with Crippen LogP contribution in [0.3, 0.4) is 0 Å². The van der Waals surface area contributed by atoms with Crippen molar-refractivity contribution in [3.8, 4) is 11.1 Å². The summed E-state index contributed by atoms with van der Waals surface area (Å²) in [4.78, 5) is 0. The number of hydrogen-bond donors (Lipinski definition) is 0. The Bertz CT molecular complexity index is 1180. The molecule has 0 saturated heterocycles. The second-order valence-electron chi connectivity index (χ2n) is 8.14. The molecule has 0 saturated carbocycles. The van der Waals surface area contributed by atoms with E-state index in [1.54, 1.807) is 0 Å². The first-order chi connectivity index (χ1) is 13.4. The summed E-state index contributed by atoms with van der Waals surface area (Å²) in [5.41, 5.74) is 12.3. The van der Waals surface area contributed by atoms with Crippen LogP contribution in [0.5, 0.6) is 0 Å². The Morgan fingerprint density at radius 1 is 0.571 bits per heavy atom. The molecule has 0 amide bonds. The van der Waals surface area contributed by atoms with Crippen LogP contribution in [0.1, 0.15) is 38.9 Å². The molecule has 0 heterocycles. The molecule has 28 heavy (non-hydrogen) atoms. The van der Waals surface area contributed by atoms with E-state index in [2.05, 4.69) is 101 Å². The monoisotopic (exact) mass is 364 g/mol. The van der Waals surface area contributed by atoms with Crippen LogP contribution in [0.2, 0.25) is 0 Å². The minimum atomic E-state index is 0.983. The van der Waals surface area contributed by atoms with Gasteiger partial charge < -0.3 is 0 Å². The maximum absolute atomic E-state index is 2.38. The first-order valence-corrected chi connectivity index (χ1v) is 10.1. The van der Waals surface area contributed by atoms with Crippen LogP contribution >= 0.6 is 0 Å². The Morgan fingerprint density at radius 2 is 1.36 bits per heavy atom. The predicted molar refractivity (Wildman–Crippen MR) is 122 cm³/mol. The Morgan fingerprint density at radius 3 is 2.14 bits per heavy atom.